The third-order valence-electron chi connectivity index (χ3n) is 2.66. The smallest absolute Gasteiger partial charge is 0.246 e. The van der Waals surface area contributed by atoms with Gasteiger partial charge in [0.15, 0.2) is 0 Å². The van der Waals surface area contributed by atoms with Crippen LogP contribution in [-0.4, -0.2) is 42.7 Å². The predicted octanol–water partition coefficient (Wildman–Crippen LogP) is 1.47. The summed E-state index contributed by atoms with van der Waals surface area (Å²) in [5.74, 6) is -0.0462. The monoisotopic (exact) mass is 293 g/mol. The highest BCUT2D eigenvalue weighted by Crippen LogP contribution is 2.22. The predicted molar refractivity (Wildman–Crippen MR) is 65.8 cm³/mol. The molecule has 1 amide bonds. The van der Waals surface area contributed by atoms with Gasteiger partial charge in [0.2, 0.25) is 5.91 Å². The van der Waals surface area contributed by atoms with Gasteiger partial charge in [0.25, 0.3) is 0 Å². The molecular weight excluding hydrogens is 274 g/mol. The maximum atomic E-state index is 11.7. The van der Waals surface area contributed by atoms with Crippen LogP contribution in [0.3, 0.4) is 0 Å². The number of hydrogen-bond acceptors (Lipinski definition) is 3. The SMILES string of the molecule is CC(C)OCC(=O)NC1(CBr)CCOCC1. The van der Waals surface area contributed by atoms with Gasteiger partial charge in [0.1, 0.15) is 6.61 Å². The van der Waals surface area contributed by atoms with E-state index in [1.165, 1.54) is 0 Å². The Bertz CT molecular complexity index is 227. The maximum Gasteiger partial charge on any atom is 0.246 e. The summed E-state index contributed by atoms with van der Waals surface area (Å²) in [5.41, 5.74) is -0.157. The zero-order valence-electron chi connectivity index (χ0n) is 9.92. The lowest BCUT2D eigenvalue weighted by Crippen LogP contribution is -2.54. The van der Waals surface area contributed by atoms with Crippen molar-refractivity contribution in [1.82, 2.24) is 5.32 Å². The van der Waals surface area contributed by atoms with Crippen molar-refractivity contribution in [3.8, 4) is 0 Å². The number of hydrogen-bond donors (Lipinski definition) is 1. The lowest BCUT2D eigenvalue weighted by atomic mass is 9.92. The van der Waals surface area contributed by atoms with E-state index in [0.717, 1.165) is 18.2 Å². The van der Waals surface area contributed by atoms with E-state index in [2.05, 4.69) is 21.2 Å². The standard InChI is InChI=1S/C11H20BrNO3/c1-9(2)16-7-10(14)13-11(8-12)3-5-15-6-4-11/h9H,3-8H2,1-2H3,(H,13,14). The van der Waals surface area contributed by atoms with E-state index in [1.807, 2.05) is 13.8 Å². The summed E-state index contributed by atoms with van der Waals surface area (Å²) in [6, 6.07) is 0. The maximum absolute atomic E-state index is 11.7. The van der Waals surface area contributed by atoms with Crippen molar-refractivity contribution in [2.24, 2.45) is 0 Å². The number of carbonyl (C=O) groups excluding carboxylic acids is 1. The summed E-state index contributed by atoms with van der Waals surface area (Å²) < 4.78 is 10.6. The quantitative estimate of drug-likeness (QED) is 0.781. The number of amides is 1. The first-order valence-corrected chi connectivity index (χ1v) is 6.76. The van der Waals surface area contributed by atoms with Crippen molar-refractivity contribution >= 4 is 21.8 Å². The van der Waals surface area contributed by atoms with Crippen LogP contribution >= 0.6 is 15.9 Å². The Morgan fingerprint density at radius 3 is 2.62 bits per heavy atom. The molecule has 1 aliphatic heterocycles. The van der Waals surface area contributed by atoms with Gasteiger partial charge in [-0.05, 0) is 26.7 Å². The van der Waals surface area contributed by atoms with Gasteiger partial charge in [-0.1, -0.05) is 15.9 Å². The molecule has 0 atom stereocenters. The second-order valence-corrected chi connectivity index (χ2v) is 5.00. The van der Waals surface area contributed by atoms with Gasteiger partial charge in [-0.3, -0.25) is 4.79 Å². The van der Waals surface area contributed by atoms with Crippen molar-refractivity contribution in [1.29, 1.82) is 0 Å². The van der Waals surface area contributed by atoms with Crippen LogP contribution in [0.15, 0.2) is 0 Å². The molecule has 1 saturated heterocycles. The molecule has 0 unspecified atom stereocenters. The molecule has 1 heterocycles. The number of carbonyl (C=O) groups is 1. The largest absolute Gasteiger partial charge is 0.381 e. The fourth-order valence-corrected chi connectivity index (χ4v) is 2.33. The van der Waals surface area contributed by atoms with Crippen molar-refractivity contribution in [3.63, 3.8) is 0 Å². The molecule has 5 heteroatoms. The molecule has 1 fully saturated rings. The summed E-state index contributed by atoms with van der Waals surface area (Å²) in [6.07, 6.45) is 1.79. The number of ether oxygens (including phenoxy) is 2. The molecular formula is C11H20BrNO3. The fourth-order valence-electron chi connectivity index (χ4n) is 1.63. The summed E-state index contributed by atoms with van der Waals surface area (Å²) in [7, 11) is 0. The minimum atomic E-state index is -0.157. The summed E-state index contributed by atoms with van der Waals surface area (Å²) in [6.45, 7) is 5.38. The average Bonchev–Trinajstić information content (AvgIpc) is 2.28. The van der Waals surface area contributed by atoms with Gasteiger partial charge in [-0.15, -0.1) is 0 Å². The third-order valence-corrected chi connectivity index (χ3v) is 3.73. The molecule has 0 aromatic rings. The zero-order valence-corrected chi connectivity index (χ0v) is 11.5. The normalized spacial score (nSPS) is 19.8. The van der Waals surface area contributed by atoms with Crippen molar-refractivity contribution in [3.05, 3.63) is 0 Å². The molecule has 0 aromatic carbocycles. The number of nitrogens with one attached hydrogen (secondary N) is 1. The second-order valence-electron chi connectivity index (χ2n) is 4.43. The van der Waals surface area contributed by atoms with Crippen LogP contribution in [0.4, 0.5) is 0 Å². The third kappa shape index (κ3) is 4.39. The molecule has 0 saturated carbocycles. The van der Waals surface area contributed by atoms with E-state index in [1.54, 1.807) is 0 Å². The van der Waals surface area contributed by atoms with E-state index in [9.17, 15) is 4.79 Å². The van der Waals surface area contributed by atoms with Gasteiger partial charge in [0, 0.05) is 18.5 Å². The van der Waals surface area contributed by atoms with Crippen LogP contribution in [0.2, 0.25) is 0 Å². The molecule has 16 heavy (non-hydrogen) atoms. The van der Waals surface area contributed by atoms with Crippen LogP contribution in [0.1, 0.15) is 26.7 Å². The molecule has 4 nitrogen and oxygen atoms in total. The van der Waals surface area contributed by atoms with E-state index in [-0.39, 0.29) is 24.2 Å². The minimum Gasteiger partial charge on any atom is -0.381 e. The summed E-state index contributed by atoms with van der Waals surface area (Å²) in [4.78, 5) is 11.7. The summed E-state index contributed by atoms with van der Waals surface area (Å²) in [5, 5.41) is 3.81. The molecule has 0 radical (unpaired) electrons. The zero-order chi connectivity index (χ0) is 12.0. The van der Waals surface area contributed by atoms with Crippen LogP contribution in [0.25, 0.3) is 0 Å². The molecule has 1 rings (SSSR count). The first kappa shape index (κ1) is 13.9. The minimum absolute atomic E-state index is 0.0462. The molecule has 94 valence electrons. The van der Waals surface area contributed by atoms with Crippen molar-refractivity contribution in [2.45, 2.75) is 38.3 Å². The Morgan fingerprint density at radius 1 is 1.50 bits per heavy atom. The molecule has 0 bridgehead atoms. The fraction of sp³-hybridized carbons (Fsp3) is 0.909. The molecule has 1 N–H and O–H groups in total. The van der Waals surface area contributed by atoms with E-state index in [4.69, 9.17) is 9.47 Å². The van der Waals surface area contributed by atoms with Crippen LogP contribution in [-0.2, 0) is 14.3 Å². The van der Waals surface area contributed by atoms with Gasteiger partial charge in [-0.25, -0.2) is 0 Å². The van der Waals surface area contributed by atoms with Gasteiger partial charge >= 0.3 is 0 Å². The molecule has 0 aromatic heterocycles. The Morgan fingerprint density at radius 2 is 2.12 bits per heavy atom. The highest BCUT2D eigenvalue weighted by Gasteiger charge is 2.32. The van der Waals surface area contributed by atoms with E-state index in [0.29, 0.717) is 13.2 Å². The van der Waals surface area contributed by atoms with Crippen LogP contribution < -0.4 is 5.32 Å². The molecule has 1 aliphatic rings. The lowest BCUT2D eigenvalue weighted by Gasteiger charge is -2.36. The second kappa shape index (κ2) is 6.57. The average molecular weight is 294 g/mol. The van der Waals surface area contributed by atoms with Crippen LogP contribution in [0.5, 0.6) is 0 Å². The topological polar surface area (TPSA) is 47.6 Å². The van der Waals surface area contributed by atoms with Crippen molar-refractivity contribution < 1.29 is 14.3 Å². The number of alkyl halides is 1. The molecule has 0 spiro atoms. The Labute approximate surface area is 105 Å². The Hall–Kier alpha value is -0.130. The number of rotatable bonds is 5. The van der Waals surface area contributed by atoms with Gasteiger partial charge < -0.3 is 14.8 Å². The Kier molecular flexibility index (Phi) is 5.72. The molecule has 0 aliphatic carbocycles. The van der Waals surface area contributed by atoms with E-state index < -0.39 is 0 Å². The number of halogens is 1. The highest BCUT2D eigenvalue weighted by atomic mass is 79.9. The Balaban J connectivity index is 2.39. The highest BCUT2D eigenvalue weighted by molar-refractivity contribution is 9.09. The first-order valence-electron chi connectivity index (χ1n) is 5.64. The van der Waals surface area contributed by atoms with E-state index >= 15 is 0 Å². The first-order chi connectivity index (χ1) is 7.58. The summed E-state index contributed by atoms with van der Waals surface area (Å²) >= 11 is 3.47. The van der Waals surface area contributed by atoms with Crippen LogP contribution in [0, 0.1) is 0 Å². The van der Waals surface area contributed by atoms with Gasteiger partial charge in [0.05, 0.1) is 11.6 Å². The lowest BCUT2D eigenvalue weighted by molar-refractivity contribution is -0.129. The van der Waals surface area contributed by atoms with Crippen molar-refractivity contribution in [2.75, 3.05) is 25.2 Å². The van der Waals surface area contributed by atoms with Gasteiger partial charge in [-0.2, -0.15) is 0 Å².